The second-order valence-corrected chi connectivity index (χ2v) is 8.73. The van der Waals surface area contributed by atoms with Crippen LogP contribution >= 0.6 is 0 Å². The van der Waals surface area contributed by atoms with Gasteiger partial charge in [-0.15, -0.1) is 0 Å². The Morgan fingerprint density at radius 2 is 1.44 bits per heavy atom. The maximum absolute atomic E-state index is 13.5. The Morgan fingerprint density at radius 1 is 0.882 bits per heavy atom. The molecule has 2 aliphatic heterocycles. The van der Waals surface area contributed by atoms with Crippen molar-refractivity contribution in [2.24, 2.45) is 5.92 Å². The average molecular weight is 462 g/mol. The van der Waals surface area contributed by atoms with E-state index in [0.29, 0.717) is 18.0 Å². The number of ether oxygens (including phenoxy) is 2. The molecule has 3 aromatic carbocycles. The Hall–Kier alpha value is -3.39. The summed E-state index contributed by atoms with van der Waals surface area (Å²) in [6, 6.07) is 24.6. The van der Waals surface area contributed by atoms with E-state index in [0.717, 1.165) is 16.7 Å². The lowest BCUT2D eigenvalue weighted by Gasteiger charge is -2.43. The fraction of sp³-hybridized carbons (Fsp3) is 0.296. The van der Waals surface area contributed by atoms with Gasteiger partial charge in [-0.3, -0.25) is 4.79 Å². The number of β-amino-alcohol motifs (C(OH)–C–C–N with tert-alkyl or cyclic N) is 1. The molecule has 7 nitrogen and oxygen atoms in total. The molecule has 0 aromatic heterocycles. The van der Waals surface area contributed by atoms with Gasteiger partial charge in [-0.25, -0.2) is 4.89 Å². The minimum Gasteiger partial charge on any atom is -0.497 e. The molecule has 0 spiro atoms. The number of methoxy groups -OCH3 is 2. The van der Waals surface area contributed by atoms with Crippen molar-refractivity contribution in [1.82, 2.24) is 4.90 Å². The van der Waals surface area contributed by atoms with Crippen molar-refractivity contribution in [2.75, 3.05) is 20.8 Å². The predicted molar refractivity (Wildman–Crippen MR) is 124 cm³/mol. The molecule has 0 aliphatic carbocycles. The first-order chi connectivity index (χ1) is 16.5. The standard InChI is InChI=1S/C27H27NO6/c1-31-22-12-8-20(9-13-22)26(21-10-14-23(32-2)15-11-21)16-24-25(29)28(18-27(24,30)34-33-26)17-19-6-4-3-5-7-19/h3-15,24,30H,16-18H2,1-2H3/t24-,27+/m1/s1. The smallest absolute Gasteiger partial charge is 0.231 e. The first-order valence-corrected chi connectivity index (χ1v) is 11.2. The van der Waals surface area contributed by atoms with Crippen molar-refractivity contribution in [3.8, 4) is 11.5 Å². The molecule has 0 saturated carbocycles. The van der Waals surface area contributed by atoms with Crippen LogP contribution in [-0.4, -0.2) is 42.5 Å². The quantitative estimate of drug-likeness (QED) is 0.565. The van der Waals surface area contributed by atoms with Gasteiger partial charge in [-0.05, 0) is 41.0 Å². The van der Waals surface area contributed by atoms with E-state index >= 15 is 0 Å². The molecule has 7 heteroatoms. The molecular weight excluding hydrogens is 434 g/mol. The summed E-state index contributed by atoms with van der Waals surface area (Å²) in [6.45, 7) is 0.423. The summed E-state index contributed by atoms with van der Waals surface area (Å²) < 4.78 is 10.6. The molecule has 3 aromatic rings. The molecule has 2 atom stereocenters. The van der Waals surface area contributed by atoms with E-state index in [1.54, 1.807) is 19.1 Å². The fourth-order valence-electron chi connectivity index (χ4n) is 4.83. The zero-order valence-electron chi connectivity index (χ0n) is 19.1. The van der Waals surface area contributed by atoms with Crippen LogP contribution in [-0.2, 0) is 26.7 Å². The van der Waals surface area contributed by atoms with Crippen molar-refractivity contribution < 1.29 is 29.1 Å². The normalized spacial score (nSPS) is 23.4. The molecule has 34 heavy (non-hydrogen) atoms. The molecule has 0 unspecified atom stereocenters. The summed E-state index contributed by atoms with van der Waals surface area (Å²) in [6.07, 6.45) is 0.215. The van der Waals surface area contributed by atoms with Crippen LogP contribution in [0.4, 0.5) is 0 Å². The highest BCUT2D eigenvalue weighted by molar-refractivity contribution is 5.83. The average Bonchev–Trinajstić information content (AvgIpc) is 3.13. The van der Waals surface area contributed by atoms with E-state index in [2.05, 4.69) is 0 Å². The van der Waals surface area contributed by atoms with E-state index in [1.807, 2.05) is 78.9 Å². The van der Waals surface area contributed by atoms with Gasteiger partial charge < -0.3 is 19.5 Å². The van der Waals surface area contributed by atoms with Gasteiger partial charge in [0.25, 0.3) is 0 Å². The number of likely N-dealkylation sites (tertiary alicyclic amines) is 1. The summed E-state index contributed by atoms with van der Waals surface area (Å²) in [5.41, 5.74) is 1.45. The highest BCUT2D eigenvalue weighted by Crippen LogP contribution is 2.50. The van der Waals surface area contributed by atoms with Crippen molar-refractivity contribution in [2.45, 2.75) is 24.4 Å². The fourth-order valence-corrected chi connectivity index (χ4v) is 4.83. The molecule has 2 saturated heterocycles. The van der Waals surface area contributed by atoms with Gasteiger partial charge in [0.05, 0.1) is 20.8 Å². The minimum absolute atomic E-state index is 0.0344. The number of aliphatic hydroxyl groups is 1. The van der Waals surface area contributed by atoms with Crippen LogP contribution in [0.3, 0.4) is 0 Å². The molecule has 0 bridgehead atoms. The Morgan fingerprint density at radius 3 is 1.97 bits per heavy atom. The van der Waals surface area contributed by atoms with Crippen molar-refractivity contribution >= 4 is 5.91 Å². The second-order valence-electron chi connectivity index (χ2n) is 8.73. The van der Waals surface area contributed by atoms with Crippen LogP contribution in [0, 0.1) is 5.92 Å². The van der Waals surface area contributed by atoms with Crippen LogP contribution in [0.2, 0.25) is 0 Å². The number of fused-ring (bicyclic) bond motifs is 1. The second kappa shape index (κ2) is 8.76. The lowest BCUT2D eigenvalue weighted by molar-refractivity contribution is -0.487. The zero-order valence-corrected chi connectivity index (χ0v) is 19.1. The SMILES string of the molecule is COc1ccc(C2(c3ccc(OC)cc3)C[C@@H]3C(=O)N(Cc4ccccc4)C[C@]3(O)OO2)cc1. The first-order valence-electron chi connectivity index (χ1n) is 11.2. The van der Waals surface area contributed by atoms with Crippen LogP contribution in [0.5, 0.6) is 11.5 Å². The number of hydrogen-bond donors (Lipinski definition) is 1. The lowest BCUT2D eigenvalue weighted by atomic mass is 9.76. The summed E-state index contributed by atoms with van der Waals surface area (Å²) >= 11 is 0. The van der Waals surface area contributed by atoms with Crippen molar-refractivity contribution in [1.29, 1.82) is 0 Å². The van der Waals surface area contributed by atoms with Gasteiger partial charge in [0, 0.05) is 13.0 Å². The Kier molecular flexibility index (Phi) is 5.77. The molecule has 5 rings (SSSR count). The summed E-state index contributed by atoms with van der Waals surface area (Å²) in [5, 5.41) is 11.3. The molecule has 176 valence electrons. The van der Waals surface area contributed by atoms with Crippen molar-refractivity contribution in [3.05, 3.63) is 95.6 Å². The third kappa shape index (κ3) is 3.81. The number of amides is 1. The van der Waals surface area contributed by atoms with Gasteiger partial charge in [0.15, 0.2) is 5.60 Å². The number of rotatable bonds is 6. The van der Waals surface area contributed by atoms with E-state index < -0.39 is 17.3 Å². The van der Waals surface area contributed by atoms with Crippen LogP contribution < -0.4 is 9.47 Å². The van der Waals surface area contributed by atoms with Gasteiger partial charge >= 0.3 is 0 Å². The molecule has 2 heterocycles. The third-order valence-electron chi connectivity index (χ3n) is 6.72. The maximum Gasteiger partial charge on any atom is 0.231 e. The summed E-state index contributed by atoms with van der Waals surface area (Å²) in [4.78, 5) is 26.9. The number of carbonyl (C=O) groups excluding carboxylic acids is 1. The largest absolute Gasteiger partial charge is 0.497 e. The van der Waals surface area contributed by atoms with Gasteiger partial charge in [0.1, 0.15) is 17.4 Å². The van der Waals surface area contributed by atoms with Crippen LogP contribution in [0.1, 0.15) is 23.1 Å². The molecule has 2 aliphatic rings. The Labute approximate surface area is 198 Å². The van der Waals surface area contributed by atoms with E-state index in [-0.39, 0.29) is 18.9 Å². The van der Waals surface area contributed by atoms with E-state index in [4.69, 9.17) is 19.2 Å². The number of nitrogens with zero attached hydrogens (tertiary/aromatic N) is 1. The van der Waals surface area contributed by atoms with Gasteiger partial charge in [-0.2, -0.15) is 4.89 Å². The molecule has 0 radical (unpaired) electrons. The van der Waals surface area contributed by atoms with Crippen LogP contribution in [0.25, 0.3) is 0 Å². The van der Waals surface area contributed by atoms with Gasteiger partial charge in [0.2, 0.25) is 11.7 Å². The zero-order chi connectivity index (χ0) is 23.8. The van der Waals surface area contributed by atoms with E-state index in [9.17, 15) is 9.90 Å². The third-order valence-corrected chi connectivity index (χ3v) is 6.72. The predicted octanol–water partition coefficient (Wildman–Crippen LogP) is 3.65. The number of benzene rings is 3. The summed E-state index contributed by atoms with van der Waals surface area (Å²) in [7, 11) is 3.21. The number of hydrogen-bond acceptors (Lipinski definition) is 6. The Balaban J connectivity index is 1.51. The summed E-state index contributed by atoms with van der Waals surface area (Å²) in [5.74, 6) is -1.29. The maximum atomic E-state index is 13.5. The molecule has 2 fully saturated rings. The minimum atomic E-state index is -1.73. The lowest BCUT2D eigenvalue weighted by Crippen LogP contribution is -2.52. The monoisotopic (exact) mass is 461 g/mol. The Bertz CT molecular complexity index is 1100. The highest BCUT2D eigenvalue weighted by atomic mass is 17.2. The van der Waals surface area contributed by atoms with Crippen molar-refractivity contribution in [3.63, 3.8) is 0 Å². The van der Waals surface area contributed by atoms with Gasteiger partial charge in [-0.1, -0.05) is 54.6 Å². The molecule has 1 amide bonds. The number of carbonyl (C=O) groups is 1. The molecule has 1 N–H and O–H groups in total. The van der Waals surface area contributed by atoms with E-state index in [1.165, 1.54) is 0 Å². The topological polar surface area (TPSA) is 77.5 Å². The van der Waals surface area contributed by atoms with Crippen LogP contribution in [0.15, 0.2) is 78.9 Å². The molecular formula is C27H27NO6. The highest BCUT2D eigenvalue weighted by Gasteiger charge is 2.61. The first kappa shape index (κ1) is 22.4.